The summed E-state index contributed by atoms with van der Waals surface area (Å²) < 4.78 is 0. The minimum absolute atomic E-state index is 0. The zero-order valence-corrected chi connectivity index (χ0v) is 13.4. The number of nitrogens with one attached hydrogen (secondary N) is 1. The van der Waals surface area contributed by atoms with E-state index in [0.717, 1.165) is 25.9 Å². The van der Waals surface area contributed by atoms with Gasteiger partial charge in [0.1, 0.15) is 6.04 Å². The molecule has 2 atom stereocenters. The average molecular weight is 307 g/mol. The second-order valence-corrected chi connectivity index (χ2v) is 5.67. The topological polar surface area (TPSA) is 69.6 Å². The summed E-state index contributed by atoms with van der Waals surface area (Å²) in [5.74, 6) is -0.302. The number of aliphatic carboxylic acids is 1. The number of likely N-dealkylation sites (tertiary alicyclic amines) is 1. The van der Waals surface area contributed by atoms with Crippen molar-refractivity contribution < 1.29 is 14.7 Å². The summed E-state index contributed by atoms with van der Waals surface area (Å²) in [5, 5.41) is 12.1. The van der Waals surface area contributed by atoms with Gasteiger partial charge in [-0.15, -0.1) is 12.4 Å². The van der Waals surface area contributed by atoms with Crippen LogP contribution in [0.15, 0.2) is 0 Å². The monoisotopic (exact) mass is 306 g/mol. The molecule has 0 aromatic rings. The molecule has 5 nitrogen and oxygen atoms in total. The third kappa shape index (κ3) is 5.67. The number of carbonyl (C=O) groups is 2. The van der Waals surface area contributed by atoms with Crippen molar-refractivity contribution in [2.24, 2.45) is 11.8 Å². The van der Waals surface area contributed by atoms with Crippen molar-refractivity contribution in [3.8, 4) is 0 Å². The molecule has 0 aromatic carbocycles. The Morgan fingerprint density at radius 2 is 2.05 bits per heavy atom. The molecular weight excluding hydrogens is 280 g/mol. The molecule has 1 fully saturated rings. The summed E-state index contributed by atoms with van der Waals surface area (Å²) in [7, 11) is 0. The molecule has 0 saturated carbocycles. The van der Waals surface area contributed by atoms with Crippen LogP contribution in [-0.4, -0.2) is 47.6 Å². The van der Waals surface area contributed by atoms with E-state index in [1.807, 2.05) is 25.7 Å². The van der Waals surface area contributed by atoms with E-state index in [-0.39, 0.29) is 30.3 Å². The van der Waals surface area contributed by atoms with Crippen LogP contribution >= 0.6 is 12.4 Å². The molecule has 20 heavy (non-hydrogen) atoms. The number of carboxylic acid groups (broad SMARTS) is 1. The Morgan fingerprint density at radius 1 is 1.40 bits per heavy atom. The fourth-order valence-electron chi connectivity index (χ4n) is 2.59. The van der Waals surface area contributed by atoms with Gasteiger partial charge < -0.3 is 10.4 Å². The van der Waals surface area contributed by atoms with E-state index in [2.05, 4.69) is 5.32 Å². The highest BCUT2D eigenvalue weighted by Gasteiger charge is 2.29. The Labute approximate surface area is 127 Å². The lowest BCUT2D eigenvalue weighted by Crippen LogP contribution is -2.48. The fourth-order valence-corrected chi connectivity index (χ4v) is 2.59. The van der Waals surface area contributed by atoms with E-state index < -0.39 is 5.97 Å². The molecule has 1 amide bonds. The molecule has 1 rings (SSSR count). The fraction of sp³-hybridized carbons (Fsp3) is 0.857. The molecule has 1 aliphatic heterocycles. The highest BCUT2D eigenvalue weighted by molar-refractivity contribution is 5.85. The van der Waals surface area contributed by atoms with Gasteiger partial charge in [-0.25, -0.2) is 0 Å². The Morgan fingerprint density at radius 3 is 2.55 bits per heavy atom. The van der Waals surface area contributed by atoms with Gasteiger partial charge in [-0.3, -0.25) is 14.5 Å². The van der Waals surface area contributed by atoms with Crippen molar-refractivity contribution in [1.82, 2.24) is 10.2 Å². The summed E-state index contributed by atoms with van der Waals surface area (Å²) in [6.45, 7) is 7.93. The number of hydrogen-bond acceptors (Lipinski definition) is 3. The van der Waals surface area contributed by atoms with E-state index in [1.165, 1.54) is 0 Å². The third-order valence-electron chi connectivity index (χ3n) is 3.75. The summed E-state index contributed by atoms with van der Waals surface area (Å²) in [5.41, 5.74) is 0. The first-order valence-corrected chi connectivity index (χ1v) is 7.20. The number of rotatable bonds is 6. The standard InChI is InChI=1S/C14H26N2O3.ClH/c1-4-12(14(18)19)16-7-5-6-11(9-16)8-15-13(17)10(2)3;/h10-12H,4-9H2,1-3H3,(H,15,17)(H,18,19);1H. The van der Waals surface area contributed by atoms with Gasteiger partial charge in [0, 0.05) is 19.0 Å². The minimum atomic E-state index is -0.741. The van der Waals surface area contributed by atoms with Gasteiger partial charge in [-0.2, -0.15) is 0 Å². The summed E-state index contributed by atoms with van der Waals surface area (Å²) in [4.78, 5) is 24.8. The number of piperidine rings is 1. The molecule has 2 unspecified atom stereocenters. The lowest BCUT2D eigenvalue weighted by atomic mass is 9.96. The van der Waals surface area contributed by atoms with E-state index in [1.54, 1.807) is 0 Å². The lowest BCUT2D eigenvalue weighted by Gasteiger charge is -2.36. The zero-order chi connectivity index (χ0) is 14.4. The molecule has 0 spiro atoms. The molecule has 0 aromatic heterocycles. The van der Waals surface area contributed by atoms with Crippen LogP contribution in [0.4, 0.5) is 0 Å². The predicted molar refractivity (Wildman–Crippen MR) is 81.1 cm³/mol. The Hall–Kier alpha value is -0.810. The lowest BCUT2D eigenvalue weighted by molar-refractivity contribution is -0.144. The molecule has 1 aliphatic rings. The highest BCUT2D eigenvalue weighted by Crippen LogP contribution is 2.19. The van der Waals surface area contributed by atoms with Crippen molar-refractivity contribution >= 4 is 24.3 Å². The van der Waals surface area contributed by atoms with Crippen molar-refractivity contribution in [3.63, 3.8) is 0 Å². The SMILES string of the molecule is CCC(C(=O)O)N1CCCC(CNC(=O)C(C)C)C1.Cl. The predicted octanol–water partition coefficient (Wildman–Crippen LogP) is 1.76. The molecule has 0 bridgehead atoms. The number of nitrogens with zero attached hydrogens (tertiary/aromatic N) is 1. The van der Waals surface area contributed by atoms with Gasteiger partial charge in [-0.1, -0.05) is 20.8 Å². The minimum Gasteiger partial charge on any atom is -0.480 e. The number of carboxylic acids is 1. The zero-order valence-electron chi connectivity index (χ0n) is 12.6. The Kier molecular flexibility index (Phi) is 8.81. The second kappa shape index (κ2) is 9.19. The molecule has 0 aliphatic carbocycles. The molecule has 6 heteroatoms. The van der Waals surface area contributed by atoms with Crippen LogP contribution < -0.4 is 5.32 Å². The average Bonchev–Trinajstić information content (AvgIpc) is 2.36. The van der Waals surface area contributed by atoms with E-state index in [9.17, 15) is 14.7 Å². The Bertz CT molecular complexity index is 324. The van der Waals surface area contributed by atoms with Crippen LogP contribution in [0.1, 0.15) is 40.0 Å². The van der Waals surface area contributed by atoms with Gasteiger partial charge in [0.2, 0.25) is 5.91 Å². The maximum Gasteiger partial charge on any atom is 0.320 e. The number of carbonyl (C=O) groups excluding carboxylic acids is 1. The second-order valence-electron chi connectivity index (χ2n) is 5.67. The van der Waals surface area contributed by atoms with E-state index >= 15 is 0 Å². The molecule has 2 N–H and O–H groups in total. The summed E-state index contributed by atoms with van der Waals surface area (Å²) in [6.07, 6.45) is 2.69. The molecule has 1 saturated heterocycles. The normalized spacial score (nSPS) is 21.1. The smallest absolute Gasteiger partial charge is 0.320 e. The van der Waals surface area contributed by atoms with Gasteiger partial charge in [0.25, 0.3) is 0 Å². The van der Waals surface area contributed by atoms with Gasteiger partial charge in [0.05, 0.1) is 0 Å². The maximum absolute atomic E-state index is 11.5. The largest absolute Gasteiger partial charge is 0.480 e. The van der Waals surface area contributed by atoms with Crippen LogP contribution in [-0.2, 0) is 9.59 Å². The quantitative estimate of drug-likeness (QED) is 0.784. The van der Waals surface area contributed by atoms with E-state index in [0.29, 0.717) is 18.9 Å². The van der Waals surface area contributed by atoms with Gasteiger partial charge in [0.15, 0.2) is 0 Å². The Balaban J connectivity index is 0.00000361. The van der Waals surface area contributed by atoms with E-state index in [4.69, 9.17) is 0 Å². The number of amides is 1. The first kappa shape index (κ1) is 19.2. The summed E-state index contributed by atoms with van der Waals surface area (Å²) >= 11 is 0. The first-order valence-electron chi connectivity index (χ1n) is 7.20. The highest BCUT2D eigenvalue weighted by atomic mass is 35.5. The summed E-state index contributed by atoms with van der Waals surface area (Å²) in [6, 6.07) is -0.386. The van der Waals surface area contributed by atoms with Crippen molar-refractivity contribution in [3.05, 3.63) is 0 Å². The molecular formula is C14H27ClN2O3. The molecule has 0 radical (unpaired) electrons. The number of hydrogen-bond donors (Lipinski definition) is 2. The maximum atomic E-state index is 11.5. The number of halogens is 1. The van der Waals surface area contributed by atoms with Crippen LogP contribution in [0.25, 0.3) is 0 Å². The van der Waals surface area contributed by atoms with Crippen LogP contribution in [0.2, 0.25) is 0 Å². The van der Waals surface area contributed by atoms with Crippen LogP contribution in [0.3, 0.4) is 0 Å². The molecule has 118 valence electrons. The van der Waals surface area contributed by atoms with Gasteiger partial charge >= 0.3 is 5.97 Å². The van der Waals surface area contributed by atoms with Crippen LogP contribution in [0, 0.1) is 11.8 Å². The third-order valence-corrected chi connectivity index (χ3v) is 3.75. The van der Waals surface area contributed by atoms with Crippen molar-refractivity contribution in [1.29, 1.82) is 0 Å². The van der Waals surface area contributed by atoms with Crippen LogP contribution in [0.5, 0.6) is 0 Å². The molecule has 1 heterocycles. The van der Waals surface area contributed by atoms with Gasteiger partial charge in [-0.05, 0) is 31.7 Å². The first-order chi connectivity index (χ1) is 8.95. The van der Waals surface area contributed by atoms with Crippen molar-refractivity contribution in [2.75, 3.05) is 19.6 Å². The van der Waals surface area contributed by atoms with Crippen molar-refractivity contribution in [2.45, 2.75) is 46.1 Å².